The molecular weight excluding hydrogens is 252 g/mol. The average molecular weight is 265 g/mol. The highest BCUT2D eigenvalue weighted by atomic mass is 35.5. The van der Waals surface area contributed by atoms with Crippen molar-refractivity contribution in [3.05, 3.63) is 29.3 Å². The lowest BCUT2D eigenvalue weighted by atomic mass is 10.0. The number of benzene rings is 1. The van der Waals surface area contributed by atoms with Crippen LogP contribution in [0.3, 0.4) is 0 Å². The molecule has 1 unspecified atom stereocenters. The minimum absolute atomic E-state index is 0.109. The van der Waals surface area contributed by atoms with Crippen LogP contribution in [-0.4, -0.2) is 29.4 Å². The molecule has 2 fully saturated rings. The van der Waals surface area contributed by atoms with E-state index in [1.165, 1.54) is 4.90 Å². The number of nitrogens with zero attached hydrogens (tertiary/aromatic N) is 2. The van der Waals surface area contributed by atoms with Crippen molar-refractivity contribution in [3.8, 4) is 0 Å². The third-order valence-electron chi connectivity index (χ3n) is 3.53. The Kier molecular flexibility index (Phi) is 2.74. The Morgan fingerprint density at radius 2 is 1.83 bits per heavy atom. The SMILES string of the molecule is O=C1C2CCCCN2C(=O)N1c1ccc(Cl)cc1. The van der Waals surface area contributed by atoms with Crippen molar-refractivity contribution < 1.29 is 9.59 Å². The van der Waals surface area contributed by atoms with Crippen LogP contribution < -0.4 is 4.90 Å². The maximum Gasteiger partial charge on any atom is 0.332 e. The topological polar surface area (TPSA) is 40.6 Å². The lowest BCUT2D eigenvalue weighted by molar-refractivity contribution is -0.120. The molecule has 0 bridgehead atoms. The normalized spacial score (nSPS) is 23.5. The number of amides is 3. The zero-order chi connectivity index (χ0) is 12.7. The molecule has 94 valence electrons. The number of imide groups is 1. The molecule has 0 aliphatic carbocycles. The largest absolute Gasteiger partial charge is 0.332 e. The zero-order valence-corrected chi connectivity index (χ0v) is 10.6. The Morgan fingerprint density at radius 1 is 1.11 bits per heavy atom. The van der Waals surface area contributed by atoms with Gasteiger partial charge in [-0.2, -0.15) is 0 Å². The standard InChI is InChI=1S/C13H13ClN2O2/c14-9-4-6-10(7-5-9)16-12(17)11-3-1-2-8-15(11)13(16)18/h4-7,11H,1-3,8H2. The van der Waals surface area contributed by atoms with Gasteiger partial charge in [-0.25, -0.2) is 9.69 Å². The van der Waals surface area contributed by atoms with Crippen molar-refractivity contribution >= 4 is 29.2 Å². The summed E-state index contributed by atoms with van der Waals surface area (Å²) < 4.78 is 0. The highest BCUT2D eigenvalue weighted by Gasteiger charge is 2.46. The van der Waals surface area contributed by atoms with Crippen LogP contribution in [0.1, 0.15) is 19.3 Å². The lowest BCUT2D eigenvalue weighted by Crippen LogP contribution is -2.39. The summed E-state index contributed by atoms with van der Waals surface area (Å²) in [6.07, 6.45) is 2.76. The molecule has 2 saturated heterocycles. The number of hydrogen-bond donors (Lipinski definition) is 0. The first kappa shape index (κ1) is 11.5. The summed E-state index contributed by atoms with van der Waals surface area (Å²) in [4.78, 5) is 27.5. The molecular formula is C13H13ClN2O2. The van der Waals surface area contributed by atoms with Crippen LogP contribution in [0.5, 0.6) is 0 Å². The van der Waals surface area contributed by atoms with Crippen molar-refractivity contribution in [2.45, 2.75) is 25.3 Å². The second kappa shape index (κ2) is 4.28. The lowest BCUT2D eigenvalue weighted by Gasteiger charge is -2.25. The molecule has 0 N–H and O–H groups in total. The summed E-state index contributed by atoms with van der Waals surface area (Å²) in [5, 5.41) is 0.593. The molecule has 0 saturated carbocycles. The van der Waals surface area contributed by atoms with E-state index in [0.29, 0.717) is 17.3 Å². The molecule has 1 atom stereocenters. The second-order valence-electron chi connectivity index (χ2n) is 4.64. The van der Waals surface area contributed by atoms with E-state index < -0.39 is 0 Å². The Hall–Kier alpha value is -1.55. The highest BCUT2D eigenvalue weighted by Crippen LogP contribution is 2.30. The third kappa shape index (κ3) is 1.68. The fourth-order valence-corrected chi connectivity index (χ4v) is 2.74. The molecule has 0 aromatic heterocycles. The highest BCUT2D eigenvalue weighted by molar-refractivity contribution is 6.30. The quantitative estimate of drug-likeness (QED) is 0.732. The van der Waals surface area contributed by atoms with Crippen molar-refractivity contribution in [2.24, 2.45) is 0 Å². The summed E-state index contributed by atoms with van der Waals surface area (Å²) in [5.41, 5.74) is 0.601. The molecule has 0 spiro atoms. The van der Waals surface area contributed by atoms with Crippen molar-refractivity contribution in [1.82, 2.24) is 4.90 Å². The molecule has 2 aliphatic heterocycles. The van der Waals surface area contributed by atoms with Crippen molar-refractivity contribution in [3.63, 3.8) is 0 Å². The van der Waals surface area contributed by atoms with E-state index in [1.807, 2.05) is 0 Å². The summed E-state index contributed by atoms with van der Waals surface area (Å²) in [6.45, 7) is 0.680. The number of fused-ring (bicyclic) bond motifs is 1. The zero-order valence-electron chi connectivity index (χ0n) is 9.80. The van der Waals surface area contributed by atoms with Crippen LogP contribution in [0, 0.1) is 0 Å². The van der Waals surface area contributed by atoms with Crippen LogP contribution in [0.15, 0.2) is 24.3 Å². The van der Waals surface area contributed by atoms with Crippen molar-refractivity contribution in [2.75, 3.05) is 11.4 Å². The van der Waals surface area contributed by atoms with E-state index in [-0.39, 0.29) is 18.0 Å². The molecule has 18 heavy (non-hydrogen) atoms. The average Bonchev–Trinajstić information content (AvgIpc) is 2.64. The molecule has 1 aromatic rings. The molecule has 3 amide bonds. The van der Waals surface area contributed by atoms with Gasteiger partial charge >= 0.3 is 6.03 Å². The van der Waals surface area contributed by atoms with Gasteiger partial charge in [0.05, 0.1) is 5.69 Å². The number of piperidine rings is 1. The predicted octanol–water partition coefficient (Wildman–Crippen LogP) is 2.66. The first-order chi connectivity index (χ1) is 8.68. The minimum atomic E-state index is -0.262. The third-order valence-corrected chi connectivity index (χ3v) is 3.78. The Morgan fingerprint density at radius 3 is 2.50 bits per heavy atom. The van der Waals surface area contributed by atoms with Gasteiger partial charge in [0, 0.05) is 11.6 Å². The van der Waals surface area contributed by atoms with Crippen molar-refractivity contribution in [1.29, 1.82) is 0 Å². The first-order valence-electron chi connectivity index (χ1n) is 6.08. The first-order valence-corrected chi connectivity index (χ1v) is 6.46. The Bertz CT molecular complexity index is 476. The molecule has 4 nitrogen and oxygen atoms in total. The molecule has 5 heteroatoms. The van der Waals surface area contributed by atoms with Crippen LogP contribution in [0.4, 0.5) is 10.5 Å². The van der Waals surface area contributed by atoms with E-state index in [1.54, 1.807) is 29.2 Å². The van der Waals surface area contributed by atoms with Gasteiger partial charge in [-0.05, 0) is 43.5 Å². The predicted molar refractivity (Wildman–Crippen MR) is 68.7 cm³/mol. The number of rotatable bonds is 1. The van der Waals surface area contributed by atoms with E-state index in [2.05, 4.69) is 0 Å². The van der Waals surface area contributed by atoms with Crippen LogP contribution in [0.25, 0.3) is 0 Å². The monoisotopic (exact) mass is 264 g/mol. The summed E-state index contributed by atoms with van der Waals surface area (Å²) in [5.74, 6) is -0.109. The molecule has 2 heterocycles. The van der Waals surface area contributed by atoms with Gasteiger partial charge in [-0.1, -0.05) is 11.6 Å². The maximum absolute atomic E-state index is 12.3. The molecule has 3 rings (SSSR count). The second-order valence-corrected chi connectivity index (χ2v) is 5.07. The Balaban J connectivity index is 1.95. The molecule has 2 aliphatic rings. The van der Waals surface area contributed by atoms with Crippen LogP contribution in [-0.2, 0) is 4.79 Å². The van der Waals surface area contributed by atoms with Gasteiger partial charge in [-0.3, -0.25) is 4.79 Å². The van der Waals surface area contributed by atoms with E-state index >= 15 is 0 Å². The van der Waals surface area contributed by atoms with Crippen LogP contribution >= 0.6 is 11.6 Å². The number of halogens is 1. The number of carbonyl (C=O) groups is 2. The van der Waals surface area contributed by atoms with Gasteiger partial charge < -0.3 is 4.90 Å². The van der Waals surface area contributed by atoms with Gasteiger partial charge in [0.15, 0.2) is 0 Å². The fourth-order valence-electron chi connectivity index (χ4n) is 2.62. The summed E-state index contributed by atoms with van der Waals surface area (Å²) in [7, 11) is 0. The van der Waals surface area contributed by atoms with E-state index in [9.17, 15) is 9.59 Å². The number of hydrogen-bond acceptors (Lipinski definition) is 2. The van der Waals surface area contributed by atoms with Gasteiger partial charge in [-0.15, -0.1) is 0 Å². The smallest absolute Gasteiger partial charge is 0.312 e. The van der Waals surface area contributed by atoms with E-state index in [0.717, 1.165) is 19.3 Å². The molecule has 0 radical (unpaired) electrons. The van der Waals surface area contributed by atoms with E-state index in [4.69, 9.17) is 11.6 Å². The van der Waals surface area contributed by atoms with Gasteiger partial charge in [0.1, 0.15) is 6.04 Å². The summed E-state index contributed by atoms with van der Waals surface area (Å²) >= 11 is 5.81. The fraction of sp³-hybridized carbons (Fsp3) is 0.385. The molecule has 1 aromatic carbocycles. The van der Waals surface area contributed by atoms with Crippen LogP contribution in [0.2, 0.25) is 5.02 Å². The minimum Gasteiger partial charge on any atom is -0.312 e. The van der Waals surface area contributed by atoms with Gasteiger partial charge in [0.25, 0.3) is 5.91 Å². The number of carbonyl (C=O) groups excluding carboxylic acids is 2. The number of anilines is 1. The number of urea groups is 1. The summed E-state index contributed by atoms with van der Waals surface area (Å²) in [6, 6.07) is 6.32. The Labute approximate surface area is 110 Å². The van der Waals surface area contributed by atoms with Gasteiger partial charge in [0.2, 0.25) is 0 Å². The maximum atomic E-state index is 12.3.